The van der Waals surface area contributed by atoms with Crippen molar-refractivity contribution in [1.29, 1.82) is 0 Å². The number of amides is 1. The van der Waals surface area contributed by atoms with Crippen LogP contribution in [0.2, 0.25) is 0 Å². The van der Waals surface area contributed by atoms with Crippen LogP contribution < -0.4 is 5.48 Å². The number of hydrogen-bond acceptors (Lipinski definition) is 5. The van der Waals surface area contributed by atoms with Crippen molar-refractivity contribution in [2.45, 2.75) is 31.3 Å². The second-order valence-corrected chi connectivity index (χ2v) is 7.92. The highest BCUT2D eigenvalue weighted by molar-refractivity contribution is 7.89. The molecule has 1 heterocycles. The summed E-state index contributed by atoms with van der Waals surface area (Å²) in [6.45, 7) is 3.19. The van der Waals surface area contributed by atoms with Gasteiger partial charge in [0.2, 0.25) is 10.0 Å². The first-order chi connectivity index (χ1) is 12.3. The Morgan fingerprint density at radius 1 is 1.27 bits per heavy atom. The van der Waals surface area contributed by atoms with E-state index in [4.69, 9.17) is 5.21 Å². The van der Waals surface area contributed by atoms with Crippen molar-refractivity contribution in [2.75, 3.05) is 0 Å². The van der Waals surface area contributed by atoms with Crippen molar-refractivity contribution in [2.24, 2.45) is 5.92 Å². The van der Waals surface area contributed by atoms with Crippen LogP contribution in [0.5, 0.6) is 0 Å². The zero-order valence-electron chi connectivity index (χ0n) is 14.3. The third-order valence-corrected chi connectivity index (χ3v) is 5.64. The van der Waals surface area contributed by atoms with Gasteiger partial charge in [-0.15, -0.1) is 0 Å². The quantitative estimate of drug-likeness (QED) is 0.564. The van der Waals surface area contributed by atoms with Crippen LogP contribution in [0.3, 0.4) is 0 Å². The van der Waals surface area contributed by atoms with Crippen LogP contribution in [0.15, 0.2) is 53.7 Å². The zero-order chi connectivity index (χ0) is 19.3. The van der Waals surface area contributed by atoms with Gasteiger partial charge in [-0.05, 0) is 41.8 Å². The predicted octanol–water partition coefficient (Wildman–Crippen LogP) is 1.94. The number of pyridine rings is 1. The molecule has 0 radical (unpaired) electrons. The second kappa shape index (κ2) is 8.35. The SMILES string of the molecule is CC(C)[C@H](C(=O)NO)N(Cc1cccnc1)S(=O)(=O)c1ccc(F)cc1. The Morgan fingerprint density at radius 3 is 2.42 bits per heavy atom. The van der Waals surface area contributed by atoms with Gasteiger partial charge in [0.05, 0.1) is 4.90 Å². The van der Waals surface area contributed by atoms with Crippen molar-refractivity contribution >= 4 is 15.9 Å². The summed E-state index contributed by atoms with van der Waals surface area (Å²) in [6, 6.07) is 6.49. The number of rotatable bonds is 7. The summed E-state index contributed by atoms with van der Waals surface area (Å²) < 4.78 is 40.4. The van der Waals surface area contributed by atoms with E-state index in [1.807, 2.05) is 0 Å². The number of benzene rings is 1. The van der Waals surface area contributed by atoms with Gasteiger partial charge < -0.3 is 0 Å². The van der Waals surface area contributed by atoms with Crippen LogP contribution in [0.25, 0.3) is 0 Å². The highest BCUT2D eigenvalue weighted by Crippen LogP contribution is 2.25. The van der Waals surface area contributed by atoms with E-state index in [2.05, 4.69) is 4.98 Å². The van der Waals surface area contributed by atoms with E-state index in [0.717, 1.165) is 28.6 Å². The topological polar surface area (TPSA) is 99.6 Å². The van der Waals surface area contributed by atoms with Gasteiger partial charge >= 0.3 is 0 Å². The van der Waals surface area contributed by atoms with E-state index >= 15 is 0 Å². The largest absolute Gasteiger partial charge is 0.289 e. The van der Waals surface area contributed by atoms with Crippen LogP contribution >= 0.6 is 0 Å². The molecule has 2 aromatic rings. The molecule has 0 bridgehead atoms. The molecule has 0 unspecified atom stereocenters. The fourth-order valence-electron chi connectivity index (χ4n) is 2.58. The van der Waals surface area contributed by atoms with E-state index in [-0.39, 0.29) is 11.4 Å². The number of sulfonamides is 1. The molecule has 9 heteroatoms. The molecule has 0 aliphatic rings. The standard InChI is InChI=1S/C17H20FN3O4S/c1-12(2)16(17(22)20-23)21(11-13-4-3-9-19-10-13)26(24,25)15-7-5-14(18)6-8-15/h3-10,12,16,23H,11H2,1-2H3,(H,20,22)/t16-/m1/s1. The molecule has 7 nitrogen and oxygen atoms in total. The van der Waals surface area contributed by atoms with Gasteiger partial charge in [-0.2, -0.15) is 4.31 Å². The first-order valence-corrected chi connectivity index (χ1v) is 9.31. The molecule has 1 aromatic carbocycles. The molecular formula is C17H20FN3O4S. The van der Waals surface area contributed by atoms with Gasteiger partial charge in [0.15, 0.2) is 0 Å². The summed E-state index contributed by atoms with van der Waals surface area (Å²) in [4.78, 5) is 16.0. The lowest BCUT2D eigenvalue weighted by Gasteiger charge is -2.31. The number of carbonyl (C=O) groups excluding carboxylic acids is 1. The zero-order valence-corrected chi connectivity index (χ0v) is 15.1. The maximum Gasteiger partial charge on any atom is 0.262 e. The summed E-state index contributed by atoms with van der Waals surface area (Å²) >= 11 is 0. The van der Waals surface area contributed by atoms with Crippen molar-refractivity contribution in [3.8, 4) is 0 Å². The Morgan fingerprint density at radius 2 is 1.92 bits per heavy atom. The van der Waals surface area contributed by atoms with Crippen LogP contribution in [0, 0.1) is 11.7 Å². The van der Waals surface area contributed by atoms with Gasteiger partial charge in [-0.1, -0.05) is 19.9 Å². The van der Waals surface area contributed by atoms with Crippen molar-refractivity contribution < 1.29 is 22.8 Å². The number of hydrogen-bond donors (Lipinski definition) is 2. The first-order valence-electron chi connectivity index (χ1n) is 7.87. The normalized spacial score (nSPS) is 13.0. The van der Waals surface area contributed by atoms with Crippen molar-refractivity contribution in [1.82, 2.24) is 14.8 Å². The molecule has 2 rings (SSSR count). The highest BCUT2D eigenvalue weighted by atomic mass is 32.2. The summed E-state index contributed by atoms with van der Waals surface area (Å²) in [5.74, 6) is -1.86. The van der Waals surface area contributed by atoms with E-state index < -0.39 is 33.7 Å². The van der Waals surface area contributed by atoms with Crippen molar-refractivity contribution in [3.63, 3.8) is 0 Å². The lowest BCUT2D eigenvalue weighted by molar-refractivity contribution is -0.134. The third-order valence-electron chi connectivity index (χ3n) is 3.80. The Kier molecular flexibility index (Phi) is 6.41. The average Bonchev–Trinajstić information content (AvgIpc) is 2.62. The molecule has 0 fully saturated rings. The van der Waals surface area contributed by atoms with Gasteiger partial charge in [-0.3, -0.25) is 15.0 Å². The summed E-state index contributed by atoms with van der Waals surface area (Å²) in [6.07, 6.45) is 3.03. The second-order valence-electron chi connectivity index (χ2n) is 6.03. The maximum atomic E-state index is 13.2. The summed E-state index contributed by atoms with van der Waals surface area (Å²) in [5.41, 5.74) is 2.09. The number of nitrogens with one attached hydrogen (secondary N) is 1. The molecule has 1 aromatic heterocycles. The van der Waals surface area contributed by atoms with Gasteiger partial charge in [0.25, 0.3) is 5.91 Å². The van der Waals surface area contributed by atoms with E-state index in [9.17, 15) is 17.6 Å². The first kappa shape index (κ1) is 20.0. The molecule has 26 heavy (non-hydrogen) atoms. The minimum Gasteiger partial charge on any atom is -0.289 e. The molecule has 2 N–H and O–H groups in total. The van der Waals surface area contributed by atoms with Crippen LogP contribution in [0.1, 0.15) is 19.4 Å². The molecule has 0 saturated heterocycles. The monoisotopic (exact) mass is 381 g/mol. The van der Waals surface area contributed by atoms with Crippen LogP contribution in [0.4, 0.5) is 4.39 Å². The minimum atomic E-state index is -4.15. The van der Waals surface area contributed by atoms with Gasteiger partial charge in [0.1, 0.15) is 11.9 Å². The maximum absolute atomic E-state index is 13.2. The molecule has 1 atom stereocenters. The predicted molar refractivity (Wildman–Crippen MR) is 91.9 cm³/mol. The number of hydroxylamine groups is 1. The fourth-order valence-corrected chi connectivity index (χ4v) is 4.29. The van der Waals surface area contributed by atoms with E-state index in [1.165, 1.54) is 11.7 Å². The Labute approximate surface area is 151 Å². The van der Waals surface area contributed by atoms with Crippen molar-refractivity contribution in [3.05, 3.63) is 60.2 Å². The smallest absolute Gasteiger partial charge is 0.262 e. The molecule has 0 aliphatic carbocycles. The van der Waals surface area contributed by atoms with Crippen LogP contribution in [-0.4, -0.2) is 34.9 Å². The van der Waals surface area contributed by atoms with E-state index in [0.29, 0.717) is 5.56 Å². The molecule has 1 amide bonds. The lowest BCUT2D eigenvalue weighted by atomic mass is 10.0. The number of nitrogens with zero attached hydrogens (tertiary/aromatic N) is 2. The summed E-state index contributed by atoms with van der Waals surface area (Å²) in [7, 11) is -4.15. The third kappa shape index (κ3) is 4.43. The molecular weight excluding hydrogens is 361 g/mol. The van der Waals surface area contributed by atoms with Crippen LogP contribution in [-0.2, 0) is 21.4 Å². The number of carbonyl (C=O) groups is 1. The molecule has 140 valence electrons. The van der Waals surface area contributed by atoms with Gasteiger partial charge in [0, 0.05) is 18.9 Å². The average molecular weight is 381 g/mol. The Balaban J connectivity index is 2.54. The number of aromatic nitrogens is 1. The molecule has 0 aliphatic heterocycles. The Hall–Kier alpha value is -2.36. The fraction of sp³-hybridized carbons (Fsp3) is 0.294. The molecule has 0 spiro atoms. The number of halogens is 1. The Bertz CT molecular complexity index is 842. The molecule has 0 saturated carbocycles. The highest BCUT2D eigenvalue weighted by Gasteiger charge is 2.38. The summed E-state index contributed by atoms with van der Waals surface area (Å²) in [5, 5.41) is 9.06. The minimum absolute atomic E-state index is 0.135. The van der Waals surface area contributed by atoms with E-state index in [1.54, 1.807) is 32.2 Å². The lowest BCUT2D eigenvalue weighted by Crippen LogP contribution is -2.51. The van der Waals surface area contributed by atoms with Gasteiger partial charge in [-0.25, -0.2) is 18.3 Å².